The molecule has 4 nitrogen and oxygen atoms in total. The molecule has 0 aliphatic carbocycles. The average molecular weight is 321 g/mol. The van der Waals surface area contributed by atoms with Crippen molar-refractivity contribution in [3.63, 3.8) is 0 Å². The van der Waals surface area contributed by atoms with E-state index in [4.69, 9.17) is 14.9 Å². The Balaban J connectivity index is 1.83. The van der Waals surface area contributed by atoms with E-state index in [1.165, 1.54) is 0 Å². The molecule has 0 fully saturated rings. The molecule has 0 spiro atoms. The fraction of sp³-hybridized carbons (Fsp3) is 0.100. The average Bonchev–Trinajstić information content (AvgIpc) is 2.64. The Hall–Kier alpha value is -3.14. The van der Waals surface area contributed by atoms with Crippen LogP contribution in [0.2, 0.25) is 0 Å². The lowest BCUT2D eigenvalue weighted by Gasteiger charge is -2.06. The van der Waals surface area contributed by atoms with Crippen molar-refractivity contribution in [2.75, 3.05) is 13.2 Å². The Labute approximate surface area is 141 Å². The Kier molecular flexibility index (Phi) is 6.53. The number of carbonyl (C=O) groups is 1. The van der Waals surface area contributed by atoms with E-state index in [-0.39, 0.29) is 13.2 Å². The number of carbonyl (C=O) groups excluding carboxylic acids is 1. The second kappa shape index (κ2) is 9.10. The van der Waals surface area contributed by atoms with Crippen molar-refractivity contribution in [3.8, 4) is 5.75 Å². The van der Waals surface area contributed by atoms with Gasteiger partial charge in [-0.05, 0) is 29.3 Å². The fourth-order valence-electron chi connectivity index (χ4n) is 1.93. The van der Waals surface area contributed by atoms with E-state index in [1.54, 1.807) is 6.08 Å². The molecule has 0 aliphatic rings. The van der Waals surface area contributed by atoms with Crippen LogP contribution < -0.4 is 4.74 Å². The van der Waals surface area contributed by atoms with Gasteiger partial charge in [-0.15, -0.1) is 0 Å². The van der Waals surface area contributed by atoms with E-state index in [0.29, 0.717) is 11.5 Å². The van der Waals surface area contributed by atoms with E-state index >= 15 is 0 Å². The summed E-state index contributed by atoms with van der Waals surface area (Å²) in [6.45, 7) is 3.79. The van der Waals surface area contributed by atoms with Crippen LogP contribution in [0.3, 0.4) is 0 Å². The lowest BCUT2D eigenvalue weighted by molar-refractivity contribution is -0.138. The molecule has 0 unspecified atom stereocenters. The van der Waals surface area contributed by atoms with Gasteiger partial charge >= 0.3 is 5.97 Å². The molecule has 0 bridgehead atoms. The summed E-state index contributed by atoms with van der Waals surface area (Å²) in [5.74, 6) is 0.236. The third-order valence-electron chi connectivity index (χ3n) is 3.17. The Bertz CT molecular complexity index is 718. The standard InChI is InChI=1S/C20H19NO3/c1-2-20(22)24-15-14-23-18-11-8-16(9-12-18)10-13-19(21)17-6-4-3-5-7-17/h2-13,21H,1,14-15H2. The van der Waals surface area contributed by atoms with Crippen LogP contribution in [0.4, 0.5) is 0 Å². The maximum Gasteiger partial charge on any atom is 0.330 e. The molecule has 0 saturated carbocycles. The minimum absolute atomic E-state index is 0.181. The van der Waals surface area contributed by atoms with Crippen molar-refractivity contribution in [3.05, 3.63) is 84.5 Å². The first-order valence-corrected chi connectivity index (χ1v) is 7.53. The number of rotatable bonds is 8. The molecule has 2 aromatic rings. The lowest BCUT2D eigenvalue weighted by atomic mass is 10.1. The van der Waals surface area contributed by atoms with Gasteiger partial charge in [0, 0.05) is 6.08 Å². The zero-order chi connectivity index (χ0) is 17.2. The summed E-state index contributed by atoms with van der Waals surface area (Å²) in [6.07, 6.45) is 4.76. The van der Waals surface area contributed by atoms with E-state index in [9.17, 15) is 4.79 Å². The van der Waals surface area contributed by atoms with E-state index in [0.717, 1.165) is 17.2 Å². The summed E-state index contributed by atoms with van der Waals surface area (Å²) in [6, 6.07) is 17.0. The zero-order valence-electron chi connectivity index (χ0n) is 13.3. The summed E-state index contributed by atoms with van der Waals surface area (Å²) in [7, 11) is 0. The number of esters is 1. The molecule has 2 rings (SSSR count). The monoisotopic (exact) mass is 321 g/mol. The first kappa shape index (κ1) is 17.2. The molecule has 24 heavy (non-hydrogen) atoms. The number of hydrogen-bond donors (Lipinski definition) is 1. The maximum absolute atomic E-state index is 10.9. The second-order valence-corrected chi connectivity index (χ2v) is 4.90. The summed E-state index contributed by atoms with van der Waals surface area (Å²) < 4.78 is 10.3. The molecule has 2 aromatic carbocycles. The largest absolute Gasteiger partial charge is 0.490 e. The lowest BCUT2D eigenvalue weighted by Crippen LogP contribution is -2.10. The van der Waals surface area contributed by atoms with Crippen LogP contribution in [-0.4, -0.2) is 24.9 Å². The molecular weight excluding hydrogens is 302 g/mol. The highest BCUT2D eigenvalue weighted by Gasteiger charge is 1.98. The first-order valence-electron chi connectivity index (χ1n) is 7.53. The van der Waals surface area contributed by atoms with Crippen molar-refractivity contribution < 1.29 is 14.3 Å². The topological polar surface area (TPSA) is 59.4 Å². The molecule has 0 radical (unpaired) electrons. The number of benzene rings is 2. The third-order valence-corrected chi connectivity index (χ3v) is 3.17. The second-order valence-electron chi connectivity index (χ2n) is 4.90. The van der Waals surface area contributed by atoms with Crippen LogP contribution in [0, 0.1) is 5.41 Å². The van der Waals surface area contributed by atoms with Gasteiger partial charge in [0.05, 0.1) is 5.71 Å². The predicted octanol–water partition coefficient (Wildman–Crippen LogP) is 3.88. The smallest absolute Gasteiger partial charge is 0.330 e. The van der Waals surface area contributed by atoms with Crippen LogP contribution in [0.5, 0.6) is 5.75 Å². The molecule has 1 N–H and O–H groups in total. The molecule has 0 aromatic heterocycles. The van der Waals surface area contributed by atoms with E-state index in [2.05, 4.69) is 6.58 Å². The van der Waals surface area contributed by atoms with Gasteiger partial charge in [0.2, 0.25) is 0 Å². The number of hydrogen-bond acceptors (Lipinski definition) is 4. The third kappa shape index (κ3) is 5.57. The quantitative estimate of drug-likeness (QED) is 0.347. The molecule has 0 amide bonds. The number of ether oxygens (including phenoxy) is 2. The highest BCUT2D eigenvalue weighted by Crippen LogP contribution is 2.13. The highest BCUT2D eigenvalue weighted by molar-refractivity contribution is 6.08. The van der Waals surface area contributed by atoms with Gasteiger partial charge in [0.15, 0.2) is 0 Å². The Morgan fingerprint density at radius 3 is 2.42 bits per heavy atom. The summed E-state index contributed by atoms with van der Waals surface area (Å²) in [5.41, 5.74) is 2.31. The van der Waals surface area contributed by atoms with E-state index < -0.39 is 5.97 Å². The van der Waals surface area contributed by atoms with Crippen molar-refractivity contribution in [2.24, 2.45) is 0 Å². The van der Waals surface area contributed by atoms with Crippen LogP contribution >= 0.6 is 0 Å². The summed E-state index contributed by atoms with van der Waals surface area (Å²) in [4.78, 5) is 10.9. The maximum atomic E-state index is 10.9. The van der Waals surface area contributed by atoms with Crippen LogP contribution in [0.15, 0.2) is 73.3 Å². The molecule has 0 heterocycles. The first-order chi connectivity index (χ1) is 11.7. The van der Waals surface area contributed by atoms with Gasteiger partial charge in [-0.2, -0.15) is 0 Å². The Morgan fingerprint density at radius 1 is 1.04 bits per heavy atom. The van der Waals surface area contributed by atoms with Crippen LogP contribution in [0.1, 0.15) is 11.1 Å². The van der Waals surface area contributed by atoms with Crippen molar-refractivity contribution in [1.82, 2.24) is 0 Å². The normalized spacial score (nSPS) is 10.3. The Morgan fingerprint density at radius 2 is 1.75 bits per heavy atom. The van der Waals surface area contributed by atoms with Gasteiger partial charge < -0.3 is 14.9 Å². The number of allylic oxidation sites excluding steroid dienone is 1. The van der Waals surface area contributed by atoms with Crippen molar-refractivity contribution in [2.45, 2.75) is 0 Å². The van der Waals surface area contributed by atoms with Crippen molar-refractivity contribution >= 4 is 17.8 Å². The number of nitrogens with one attached hydrogen (secondary N) is 1. The van der Waals surface area contributed by atoms with E-state index in [1.807, 2.05) is 60.7 Å². The zero-order valence-corrected chi connectivity index (χ0v) is 13.3. The summed E-state index contributed by atoms with van der Waals surface area (Å²) in [5, 5.41) is 8.02. The molecule has 4 heteroatoms. The van der Waals surface area contributed by atoms with Crippen molar-refractivity contribution in [1.29, 1.82) is 5.41 Å². The summed E-state index contributed by atoms with van der Waals surface area (Å²) >= 11 is 0. The fourth-order valence-corrected chi connectivity index (χ4v) is 1.93. The molecule has 0 saturated heterocycles. The van der Waals surface area contributed by atoms with Crippen LogP contribution in [0.25, 0.3) is 6.08 Å². The van der Waals surface area contributed by atoms with Gasteiger partial charge in [-0.1, -0.05) is 55.1 Å². The van der Waals surface area contributed by atoms with Crippen LogP contribution in [-0.2, 0) is 9.53 Å². The molecule has 0 atom stereocenters. The highest BCUT2D eigenvalue weighted by atomic mass is 16.6. The minimum atomic E-state index is -0.458. The molecule has 0 aliphatic heterocycles. The molecular formula is C20H19NO3. The predicted molar refractivity (Wildman–Crippen MR) is 95.4 cm³/mol. The minimum Gasteiger partial charge on any atom is -0.490 e. The molecule has 122 valence electrons. The van der Waals surface area contributed by atoms with Gasteiger partial charge in [0.1, 0.15) is 19.0 Å². The van der Waals surface area contributed by atoms with Gasteiger partial charge in [0.25, 0.3) is 0 Å². The SMILES string of the molecule is C=CC(=O)OCCOc1ccc(C=CC(=N)c2ccccc2)cc1. The van der Waals surface area contributed by atoms with Gasteiger partial charge in [-0.25, -0.2) is 4.79 Å². The van der Waals surface area contributed by atoms with Gasteiger partial charge in [-0.3, -0.25) is 0 Å².